The highest BCUT2D eigenvalue weighted by molar-refractivity contribution is 6.67. The van der Waals surface area contributed by atoms with Crippen molar-refractivity contribution in [1.82, 2.24) is 0 Å². The molecule has 1 aromatic rings. The Morgan fingerprint density at radius 3 is 2.59 bits per heavy atom. The van der Waals surface area contributed by atoms with E-state index in [0.717, 1.165) is 36.0 Å². The second kappa shape index (κ2) is 6.99. The van der Waals surface area contributed by atoms with Crippen LogP contribution in [0, 0.1) is 24.2 Å². The molecular weight excluding hydrogens is 292 g/mol. The Hall–Kier alpha value is -1.78. The topological polar surface area (TPSA) is 17.1 Å². The molecule has 0 heterocycles. The minimum absolute atomic E-state index is 0.0276. The van der Waals surface area contributed by atoms with Crippen LogP contribution in [0.4, 0.5) is 0 Å². The average molecular weight is 313 g/mol. The fraction of sp³-hybridized carbons (Fsp3) is 0.350. The Bertz CT molecular complexity index is 679. The molecule has 114 valence electrons. The van der Waals surface area contributed by atoms with Crippen LogP contribution in [-0.4, -0.2) is 5.24 Å². The number of hydrogen-bond donors (Lipinski definition) is 0. The van der Waals surface area contributed by atoms with Gasteiger partial charge in [0.15, 0.2) is 0 Å². The molecule has 0 bridgehead atoms. The Morgan fingerprint density at radius 2 is 1.95 bits per heavy atom. The molecule has 1 aliphatic rings. The van der Waals surface area contributed by atoms with Gasteiger partial charge in [-0.05, 0) is 73.1 Å². The van der Waals surface area contributed by atoms with Crippen LogP contribution in [0.1, 0.15) is 44.2 Å². The molecule has 0 unspecified atom stereocenters. The number of benzene rings is 1. The molecule has 0 N–H and O–H groups in total. The number of halogens is 1. The monoisotopic (exact) mass is 312 g/mol. The summed E-state index contributed by atoms with van der Waals surface area (Å²) in [5.74, 6) is 6.15. The molecule has 2 heteroatoms. The fourth-order valence-corrected chi connectivity index (χ4v) is 3.00. The van der Waals surface area contributed by atoms with Crippen molar-refractivity contribution < 1.29 is 4.79 Å². The van der Waals surface area contributed by atoms with Crippen LogP contribution >= 0.6 is 11.6 Å². The van der Waals surface area contributed by atoms with Crippen LogP contribution in [0.25, 0.3) is 0 Å². The quantitative estimate of drug-likeness (QED) is 0.543. The van der Waals surface area contributed by atoms with Crippen LogP contribution in [0.15, 0.2) is 47.6 Å². The zero-order chi connectivity index (χ0) is 16.2. The van der Waals surface area contributed by atoms with Gasteiger partial charge in [-0.1, -0.05) is 43.4 Å². The lowest BCUT2D eigenvalue weighted by molar-refractivity contribution is -0.108. The lowest BCUT2D eigenvalue weighted by Crippen LogP contribution is -2.21. The normalized spacial score (nSPS) is 17.3. The Kier molecular flexibility index (Phi) is 5.27. The van der Waals surface area contributed by atoms with Crippen LogP contribution in [0.2, 0.25) is 0 Å². The molecule has 1 aliphatic carbocycles. The van der Waals surface area contributed by atoms with Gasteiger partial charge >= 0.3 is 0 Å². The SMILES string of the molecule is Cc1ccc(C#C/C=C/C2=C(C(=O)Cl)CCCC2(C)C)cc1. The van der Waals surface area contributed by atoms with Crippen molar-refractivity contribution in [3.8, 4) is 11.8 Å². The van der Waals surface area contributed by atoms with Gasteiger partial charge in [0.2, 0.25) is 5.24 Å². The second-order valence-corrected chi connectivity index (χ2v) is 6.72. The predicted octanol–water partition coefficient (Wildman–Crippen LogP) is 5.17. The van der Waals surface area contributed by atoms with Crippen molar-refractivity contribution in [2.75, 3.05) is 0 Å². The fourth-order valence-electron chi connectivity index (χ4n) is 2.80. The summed E-state index contributed by atoms with van der Waals surface area (Å²) in [6.45, 7) is 6.36. The lowest BCUT2D eigenvalue weighted by atomic mass is 9.72. The highest BCUT2D eigenvalue weighted by Crippen LogP contribution is 2.41. The number of rotatable bonds is 2. The summed E-state index contributed by atoms with van der Waals surface area (Å²) >= 11 is 5.74. The molecule has 1 aromatic carbocycles. The van der Waals surface area contributed by atoms with Gasteiger partial charge in [0.1, 0.15) is 0 Å². The molecule has 22 heavy (non-hydrogen) atoms. The van der Waals surface area contributed by atoms with Crippen molar-refractivity contribution in [1.29, 1.82) is 0 Å². The van der Waals surface area contributed by atoms with E-state index in [1.807, 2.05) is 36.4 Å². The number of carbonyl (C=O) groups excluding carboxylic acids is 1. The zero-order valence-electron chi connectivity index (χ0n) is 13.4. The standard InChI is InChI=1S/C20H21ClO/c1-15-10-12-16(13-11-15)7-4-5-9-18-17(19(21)22)8-6-14-20(18,2)3/h5,9-13H,6,8,14H2,1-3H3/b9-5+. The maximum absolute atomic E-state index is 11.6. The highest BCUT2D eigenvalue weighted by atomic mass is 35.5. The minimum atomic E-state index is -0.334. The van der Waals surface area contributed by atoms with Crippen molar-refractivity contribution in [3.05, 3.63) is 58.7 Å². The summed E-state index contributed by atoms with van der Waals surface area (Å²) in [5, 5.41) is -0.334. The van der Waals surface area contributed by atoms with Crippen LogP contribution in [0.3, 0.4) is 0 Å². The van der Waals surface area contributed by atoms with Gasteiger partial charge in [0.05, 0.1) is 0 Å². The third kappa shape index (κ3) is 4.12. The first-order chi connectivity index (χ1) is 10.4. The van der Waals surface area contributed by atoms with E-state index in [4.69, 9.17) is 11.6 Å². The summed E-state index contributed by atoms with van der Waals surface area (Å²) in [6.07, 6.45) is 6.60. The van der Waals surface area contributed by atoms with E-state index in [2.05, 4.69) is 32.6 Å². The number of allylic oxidation sites excluding steroid dienone is 4. The summed E-state index contributed by atoms with van der Waals surface area (Å²) in [7, 11) is 0. The van der Waals surface area contributed by atoms with Gasteiger partial charge in [-0.15, -0.1) is 0 Å². The van der Waals surface area contributed by atoms with E-state index in [1.165, 1.54) is 5.56 Å². The predicted molar refractivity (Wildman–Crippen MR) is 92.7 cm³/mol. The number of hydrogen-bond acceptors (Lipinski definition) is 1. The van der Waals surface area contributed by atoms with Crippen molar-refractivity contribution in [2.24, 2.45) is 5.41 Å². The van der Waals surface area contributed by atoms with Crippen molar-refractivity contribution in [2.45, 2.75) is 40.0 Å². The molecule has 2 rings (SSSR count). The summed E-state index contributed by atoms with van der Waals surface area (Å²) in [6, 6.07) is 8.11. The number of carbonyl (C=O) groups is 1. The Morgan fingerprint density at radius 1 is 1.27 bits per heavy atom. The van der Waals surface area contributed by atoms with Crippen LogP contribution in [-0.2, 0) is 4.79 Å². The zero-order valence-corrected chi connectivity index (χ0v) is 14.1. The molecule has 0 fully saturated rings. The summed E-state index contributed by atoms with van der Waals surface area (Å²) in [5.41, 5.74) is 3.95. The van der Waals surface area contributed by atoms with Crippen molar-refractivity contribution in [3.63, 3.8) is 0 Å². The third-order valence-electron chi connectivity index (χ3n) is 4.12. The molecule has 0 spiro atoms. The third-order valence-corrected chi connectivity index (χ3v) is 4.35. The van der Waals surface area contributed by atoms with Crippen LogP contribution < -0.4 is 0 Å². The first kappa shape index (κ1) is 16.6. The maximum Gasteiger partial charge on any atom is 0.248 e. The van der Waals surface area contributed by atoms with E-state index in [9.17, 15) is 4.79 Å². The molecular formula is C20H21ClO. The molecule has 0 atom stereocenters. The van der Waals surface area contributed by atoms with Crippen molar-refractivity contribution >= 4 is 16.8 Å². The Labute approximate surface area is 138 Å². The van der Waals surface area contributed by atoms with E-state index in [1.54, 1.807) is 0 Å². The molecule has 0 aromatic heterocycles. The first-order valence-corrected chi connectivity index (χ1v) is 7.96. The molecule has 1 nitrogen and oxygen atoms in total. The molecule has 0 aliphatic heterocycles. The van der Waals surface area contributed by atoms with Gasteiger partial charge in [0.25, 0.3) is 0 Å². The van der Waals surface area contributed by atoms with E-state index < -0.39 is 0 Å². The molecule has 0 radical (unpaired) electrons. The first-order valence-electron chi connectivity index (χ1n) is 7.58. The minimum Gasteiger partial charge on any atom is -0.276 e. The largest absolute Gasteiger partial charge is 0.276 e. The maximum atomic E-state index is 11.6. The Balaban J connectivity index is 2.23. The second-order valence-electron chi connectivity index (χ2n) is 6.37. The van der Waals surface area contributed by atoms with E-state index in [-0.39, 0.29) is 10.7 Å². The van der Waals surface area contributed by atoms with E-state index >= 15 is 0 Å². The van der Waals surface area contributed by atoms with Gasteiger partial charge in [-0.25, -0.2) is 0 Å². The van der Waals surface area contributed by atoms with Gasteiger partial charge in [0, 0.05) is 11.1 Å². The lowest BCUT2D eigenvalue weighted by Gasteiger charge is -2.32. The molecule has 0 amide bonds. The van der Waals surface area contributed by atoms with Gasteiger partial charge < -0.3 is 0 Å². The number of aryl methyl sites for hydroxylation is 1. The van der Waals surface area contributed by atoms with E-state index in [0.29, 0.717) is 0 Å². The smallest absolute Gasteiger partial charge is 0.248 e. The summed E-state index contributed by atoms with van der Waals surface area (Å²) < 4.78 is 0. The molecule has 0 saturated carbocycles. The summed E-state index contributed by atoms with van der Waals surface area (Å²) in [4.78, 5) is 11.6. The highest BCUT2D eigenvalue weighted by Gasteiger charge is 2.30. The van der Waals surface area contributed by atoms with Gasteiger partial charge in [-0.3, -0.25) is 4.79 Å². The molecule has 0 saturated heterocycles. The van der Waals surface area contributed by atoms with Gasteiger partial charge in [-0.2, -0.15) is 0 Å². The average Bonchev–Trinajstić information content (AvgIpc) is 2.45. The van der Waals surface area contributed by atoms with Crippen LogP contribution in [0.5, 0.6) is 0 Å².